The van der Waals surface area contributed by atoms with Gasteiger partial charge in [0, 0.05) is 37.8 Å². The molecule has 3 rings (SSSR count). The van der Waals surface area contributed by atoms with Gasteiger partial charge in [-0.1, -0.05) is 6.07 Å². The van der Waals surface area contributed by atoms with Crippen molar-refractivity contribution in [3.8, 4) is 0 Å². The zero-order valence-electron chi connectivity index (χ0n) is 21.1. The minimum atomic E-state index is -1.22. The van der Waals surface area contributed by atoms with Crippen LogP contribution in [0.1, 0.15) is 34.8 Å². The van der Waals surface area contributed by atoms with Crippen LogP contribution in [0.5, 0.6) is 0 Å². The molecule has 8 nitrogen and oxygen atoms in total. The van der Waals surface area contributed by atoms with Gasteiger partial charge in [0.2, 0.25) is 0 Å². The summed E-state index contributed by atoms with van der Waals surface area (Å²) in [4.78, 5) is 40.6. The average molecular weight is 706 g/mol. The van der Waals surface area contributed by atoms with E-state index < -0.39 is 56.2 Å². The maximum Gasteiger partial charge on any atom is 0.274 e. The van der Waals surface area contributed by atoms with Crippen LogP contribution in [0.3, 0.4) is 0 Å². The molecule has 1 atom stereocenters. The lowest BCUT2D eigenvalue weighted by molar-refractivity contribution is -0.137. The van der Waals surface area contributed by atoms with Crippen LogP contribution in [0.4, 0.5) is 14.5 Å². The molecule has 1 aliphatic rings. The molecule has 3 amide bonds. The van der Waals surface area contributed by atoms with Gasteiger partial charge in [-0.25, -0.2) is 8.78 Å². The zero-order valence-corrected chi connectivity index (χ0v) is 24.9. The summed E-state index contributed by atoms with van der Waals surface area (Å²) in [5.74, 6) is -2.66. The van der Waals surface area contributed by atoms with Crippen molar-refractivity contribution < 1.29 is 33.0 Å². The predicted molar refractivity (Wildman–Crippen MR) is 152 cm³/mol. The highest BCUT2D eigenvalue weighted by Gasteiger charge is 2.30. The molecule has 0 aliphatic carbocycles. The summed E-state index contributed by atoms with van der Waals surface area (Å²) in [6.45, 7) is 3.55. The molecule has 0 fully saturated rings. The average Bonchev–Trinajstić information content (AvgIpc) is 2.86. The third-order valence-electron chi connectivity index (χ3n) is 5.61. The third kappa shape index (κ3) is 7.03. The summed E-state index contributed by atoms with van der Waals surface area (Å²) in [7, 11) is 3.07. The van der Waals surface area contributed by atoms with Crippen LogP contribution in [-0.2, 0) is 20.9 Å². The van der Waals surface area contributed by atoms with Crippen LogP contribution in [0.15, 0.2) is 44.6 Å². The van der Waals surface area contributed by atoms with Gasteiger partial charge < -0.3 is 20.1 Å². The van der Waals surface area contributed by atoms with Crippen LogP contribution in [0, 0.1) is 18.6 Å². The Morgan fingerprint density at radius 3 is 2.55 bits per heavy atom. The van der Waals surface area contributed by atoms with E-state index in [4.69, 9.17) is 4.74 Å². The first kappa shape index (κ1) is 29.8. The highest BCUT2D eigenvalue weighted by molar-refractivity contribution is 14.2. The fourth-order valence-corrected chi connectivity index (χ4v) is 6.52. The summed E-state index contributed by atoms with van der Waals surface area (Å²) < 4.78 is 34.3. The number of aliphatic hydroxyl groups excluding tert-OH is 1. The molecule has 1 aliphatic heterocycles. The number of rotatable bonds is 9. The van der Waals surface area contributed by atoms with E-state index in [0.29, 0.717) is 15.0 Å². The van der Waals surface area contributed by atoms with Crippen molar-refractivity contribution in [3.05, 3.63) is 73.0 Å². The van der Waals surface area contributed by atoms with Crippen LogP contribution in [-0.4, -0.2) is 58.1 Å². The molecular weight excluding hydrogens is 679 g/mol. The number of nitrogens with zero attached hydrogens (tertiary/aromatic N) is 2. The molecule has 2 aromatic carbocycles. The van der Waals surface area contributed by atoms with E-state index in [-0.39, 0.29) is 29.6 Å². The Balaban J connectivity index is 1.73. The molecule has 204 valence electrons. The van der Waals surface area contributed by atoms with Crippen LogP contribution >= 0.6 is 36.7 Å². The number of benzene rings is 2. The second-order valence-corrected chi connectivity index (χ2v) is 12.5. The number of aryl methyl sites for hydroxylation is 1. The van der Waals surface area contributed by atoms with E-state index in [1.807, 2.05) is 6.92 Å². The van der Waals surface area contributed by atoms with Crippen molar-refractivity contribution in [2.75, 3.05) is 25.5 Å². The summed E-state index contributed by atoms with van der Waals surface area (Å²) in [5.41, 5.74) is 1.78. The molecule has 1 heterocycles. The largest absolute Gasteiger partial charge is 0.482 e. The summed E-state index contributed by atoms with van der Waals surface area (Å²) in [6, 6.07) is 8.19. The Kier molecular flexibility index (Phi) is 10.1. The second kappa shape index (κ2) is 12.9. The smallest absolute Gasteiger partial charge is 0.274 e. The molecule has 0 aromatic heterocycles. The third-order valence-corrected chi connectivity index (χ3v) is 9.65. The van der Waals surface area contributed by atoms with Gasteiger partial charge in [-0.05, 0) is 86.8 Å². The van der Waals surface area contributed by atoms with E-state index in [1.165, 1.54) is 30.0 Å². The molecule has 2 N–H and O–H groups in total. The normalized spacial score (nSPS) is 14.5. The highest BCUT2D eigenvalue weighted by Crippen LogP contribution is 2.37. The number of halogens is 4. The van der Waals surface area contributed by atoms with Gasteiger partial charge in [0.05, 0.1) is 9.32 Å². The van der Waals surface area contributed by atoms with Gasteiger partial charge in [-0.2, -0.15) is 0 Å². The number of aliphatic hydroxyl groups is 1. The van der Waals surface area contributed by atoms with Crippen LogP contribution < -0.4 is 10.2 Å². The van der Waals surface area contributed by atoms with E-state index in [2.05, 4.69) is 21.2 Å². The number of ether oxygens (including phenoxy) is 1. The van der Waals surface area contributed by atoms with E-state index >= 15 is 0 Å². The number of carbonyl (C=O) groups is 3. The van der Waals surface area contributed by atoms with E-state index in [1.54, 1.807) is 25.1 Å². The lowest BCUT2D eigenvalue weighted by Crippen LogP contribution is -2.38. The van der Waals surface area contributed by atoms with Crippen molar-refractivity contribution in [3.63, 3.8) is 0 Å². The van der Waals surface area contributed by atoms with Gasteiger partial charge in [-0.3, -0.25) is 19.3 Å². The standard InChI is InChI=1S/C26H27BrF2IN3O5/c1-14-5-6-16(24(35)31-10-9-21(34)25(36)32(3)4)11-20(14)33-15(2)30-23(22(27)26(33)37)38-13-17-7-8-18(28)12-19(17)29/h5-8,11-12,21,34H,9-10,13H2,1-4H3,(H,31,35)/t21-/m0/s1. The lowest BCUT2D eigenvalue weighted by Gasteiger charge is -2.28. The van der Waals surface area contributed by atoms with Gasteiger partial charge in [0.25, 0.3) is 17.7 Å². The summed E-state index contributed by atoms with van der Waals surface area (Å²) in [5, 5.41) is 12.6. The number of anilines is 1. The monoisotopic (exact) mass is 705 g/mol. The Labute approximate surface area is 237 Å². The quantitative estimate of drug-likeness (QED) is 0.384. The number of amides is 3. The number of hydrogen-bond acceptors (Lipinski definition) is 5. The van der Waals surface area contributed by atoms with Crippen LogP contribution in [0.2, 0.25) is 0 Å². The molecule has 38 heavy (non-hydrogen) atoms. The van der Waals surface area contributed by atoms with E-state index in [0.717, 1.165) is 21.3 Å². The Morgan fingerprint density at radius 1 is 1.18 bits per heavy atom. The number of carbonyl (C=O) groups excluding carboxylic acids is 3. The van der Waals surface area contributed by atoms with Crippen molar-refractivity contribution in [2.45, 2.75) is 33.0 Å². The second-order valence-electron chi connectivity index (χ2n) is 8.64. The minimum Gasteiger partial charge on any atom is -0.482 e. The van der Waals surface area contributed by atoms with Gasteiger partial charge in [0.15, 0.2) is 3.77 Å². The predicted octanol–water partition coefficient (Wildman–Crippen LogP) is 4.09. The molecule has 0 spiro atoms. The first-order valence-electron chi connectivity index (χ1n) is 11.5. The fourth-order valence-electron chi connectivity index (χ4n) is 3.51. The van der Waals surface area contributed by atoms with Gasteiger partial charge in [0.1, 0.15) is 28.8 Å². The molecule has 0 radical (unpaired) electrons. The Hall–Kier alpha value is -2.71. The SMILES string of the molecule is CC1=IC(OCc2ccc(F)cc2F)=C(Br)C(=O)N1c1cc(C(=O)NCC[C@H](O)C(=O)N(C)C)ccc1C. The summed E-state index contributed by atoms with van der Waals surface area (Å²) in [6.07, 6.45) is -1.16. The van der Waals surface area contributed by atoms with Gasteiger partial charge in [-0.15, -0.1) is 0 Å². The molecule has 2 aromatic rings. The van der Waals surface area contributed by atoms with Crippen LogP contribution in [0.25, 0.3) is 0 Å². The lowest BCUT2D eigenvalue weighted by atomic mass is 10.1. The maximum absolute atomic E-state index is 14.0. The van der Waals surface area contributed by atoms with Crippen molar-refractivity contribution in [1.82, 2.24) is 10.2 Å². The Morgan fingerprint density at radius 2 is 1.89 bits per heavy atom. The van der Waals surface area contributed by atoms with Gasteiger partial charge >= 0.3 is 0 Å². The number of likely N-dealkylation sites (N-methyl/N-ethyl adjacent to an activating group) is 1. The molecule has 12 heteroatoms. The first-order valence-corrected chi connectivity index (χ1v) is 14.4. The topological polar surface area (TPSA) is 99.2 Å². The molecule has 0 unspecified atom stereocenters. The first-order chi connectivity index (χ1) is 17.9. The van der Waals surface area contributed by atoms with Crippen molar-refractivity contribution in [1.29, 1.82) is 0 Å². The molecule has 0 saturated carbocycles. The zero-order chi connectivity index (χ0) is 28.1. The molecule has 0 bridgehead atoms. The molecular formula is C26H27BrF2IN3O5. The molecule has 0 saturated heterocycles. The van der Waals surface area contributed by atoms with Crippen molar-refractivity contribution >= 4 is 63.7 Å². The van der Waals surface area contributed by atoms with E-state index in [9.17, 15) is 28.3 Å². The highest BCUT2D eigenvalue weighted by atomic mass is 127. The Bertz CT molecular complexity index is 1330. The fraction of sp³-hybridized carbons (Fsp3) is 0.308. The number of nitrogens with one attached hydrogen (secondary N) is 1. The minimum absolute atomic E-state index is 0.0613. The maximum atomic E-state index is 14.0. The summed E-state index contributed by atoms with van der Waals surface area (Å²) >= 11 is 2.36. The van der Waals surface area contributed by atoms with Crippen molar-refractivity contribution in [2.24, 2.45) is 0 Å². The number of hydrogen-bond donors (Lipinski definition) is 2.